The summed E-state index contributed by atoms with van der Waals surface area (Å²) in [4.78, 5) is 27.8. The van der Waals surface area contributed by atoms with Crippen LogP contribution in [0.15, 0.2) is 54.7 Å². The second-order valence-electron chi connectivity index (χ2n) is 8.15. The van der Waals surface area contributed by atoms with Gasteiger partial charge in [-0.1, -0.05) is 37.6 Å². The van der Waals surface area contributed by atoms with Crippen molar-refractivity contribution in [2.75, 3.05) is 7.11 Å². The van der Waals surface area contributed by atoms with E-state index in [0.29, 0.717) is 19.4 Å². The van der Waals surface area contributed by atoms with Gasteiger partial charge in [-0.25, -0.2) is 9.78 Å². The number of hydrogen-bond acceptors (Lipinski definition) is 4. The van der Waals surface area contributed by atoms with Crippen LogP contribution in [0.3, 0.4) is 0 Å². The molecule has 0 aliphatic carbocycles. The number of ether oxygens (including phenoxy) is 1. The summed E-state index contributed by atoms with van der Waals surface area (Å²) in [5.74, 6) is -0.751. The molecule has 1 unspecified atom stereocenters. The number of benzene rings is 2. The lowest BCUT2D eigenvalue weighted by Gasteiger charge is -2.16. The predicted molar refractivity (Wildman–Crippen MR) is 125 cm³/mol. The van der Waals surface area contributed by atoms with E-state index in [2.05, 4.69) is 16.5 Å². The van der Waals surface area contributed by atoms with Gasteiger partial charge in [-0.3, -0.25) is 4.79 Å². The first-order valence-electron chi connectivity index (χ1n) is 11.1. The number of rotatable bonds is 12. The highest BCUT2D eigenvalue weighted by Crippen LogP contribution is 2.21. The predicted octanol–water partition coefficient (Wildman–Crippen LogP) is 4.47. The molecule has 1 aromatic heterocycles. The lowest BCUT2D eigenvalue weighted by Crippen LogP contribution is -2.21. The second kappa shape index (κ2) is 11.3. The van der Waals surface area contributed by atoms with Gasteiger partial charge in [0, 0.05) is 31.3 Å². The van der Waals surface area contributed by atoms with Gasteiger partial charge in [0.05, 0.1) is 18.6 Å². The molecule has 0 spiro atoms. The molecule has 0 amide bonds. The number of aliphatic carboxylic acids is 1. The zero-order chi connectivity index (χ0) is 23.8. The van der Waals surface area contributed by atoms with Crippen molar-refractivity contribution in [3.63, 3.8) is 0 Å². The fraction of sp³-hybridized carbons (Fsp3) is 0.346. The summed E-state index contributed by atoms with van der Waals surface area (Å²) in [6, 6.07) is 14.2. The number of aryl methyl sites for hydroxylation is 1. The minimum absolute atomic E-state index is 0.237. The third-order valence-electron chi connectivity index (χ3n) is 5.76. The molecule has 0 aliphatic heterocycles. The number of nitrogens with zero attached hydrogens (tertiary/aromatic N) is 2. The summed E-state index contributed by atoms with van der Waals surface area (Å²) in [7, 11) is 1.60. The fourth-order valence-corrected chi connectivity index (χ4v) is 3.82. The van der Waals surface area contributed by atoms with E-state index < -0.39 is 17.9 Å². The minimum Gasteiger partial charge on any atom is -0.497 e. The maximum atomic E-state index is 12.1. The van der Waals surface area contributed by atoms with Crippen LogP contribution in [0.5, 0.6) is 5.75 Å². The van der Waals surface area contributed by atoms with Crippen molar-refractivity contribution in [2.45, 2.75) is 45.6 Å². The highest BCUT2D eigenvalue weighted by atomic mass is 16.5. The zero-order valence-corrected chi connectivity index (χ0v) is 19.0. The van der Waals surface area contributed by atoms with Gasteiger partial charge < -0.3 is 19.5 Å². The fourth-order valence-electron chi connectivity index (χ4n) is 3.82. The van der Waals surface area contributed by atoms with E-state index in [1.54, 1.807) is 37.6 Å². The van der Waals surface area contributed by atoms with E-state index in [1.807, 2.05) is 24.3 Å². The number of hydrogen-bond donors (Lipinski definition) is 2. The molecule has 174 valence electrons. The zero-order valence-electron chi connectivity index (χ0n) is 19.0. The van der Waals surface area contributed by atoms with Crippen molar-refractivity contribution in [2.24, 2.45) is 5.92 Å². The second-order valence-corrected chi connectivity index (χ2v) is 8.15. The standard InChI is InChI=1S/C26H30N2O5/c1-3-4-5-24-27-16-22(28(24)17-19-6-10-20(11-7-19)25(29)30)15-21(26(31)32)14-18-8-12-23(33-2)13-9-18/h6-13,16,21H,3-5,14-15,17H2,1-2H3,(H,29,30)(H,31,32). The molecule has 7 nitrogen and oxygen atoms in total. The third-order valence-corrected chi connectivity index (χ3v) is 5.76. The Morgan fingerprint density at radius 3 is 2.24 bits per heavy atom. The number of carboxylic acid groups (broad SMARTS) is 2. The van der Waals surface area contributed by atoms with Crippen molar-refractivity contribution >= 4 is 11.9 Å². The van der Waals surface area contributed by atoms with Crippen LogP contribution in [0.2, 0.25) is 0 Å². The molecule has 0 saturated heterocycles. The SMILES string of the molecule is CCCCc1ncc(CC(Cc2ccc(OC)cc2)C(=O)O)n1Cc1ccc(C(=O)O)cc1. The first-order valence-corrected chi connectivity index (χ1v) is 11.1. The summed E-state index contributed by atoms with van der Waals surface area (Å²) in [6.45, 7) is 2.64. The molecule has 2 N–H and O–H groups in total. The van der Waals surface area contributed by atoms with Gasteiger partial charge in [-0.05, 0) is 48.2 Å². The normalized spacial score (nSPS) is 11.8. The average Bonchev–Trinajstić information content (AvgIpc) is 3.18. The van der Waals surface area contributed by atoms with Crippen molar-refractivity contribution in [1.82, 2.24) is 9.55 Å². The molecule has 0 saturated carbocycles. The molecule has 2 aromatic carbocycles. The van der Waals surface area contributed by atoms with Crippen LogP contribution in [0.25, 0.3) is 0 Å². The summed E-state index contributed by atoms with van der Waals surface area (Å²) < 4.78 is 7.26. The molecule has 1 heterocycles. The van der Waals surface area contributed by atoms with E-state index >= 15 is 0 Å². The number of carboxylic acids is 2. The number of unbranched alkanes of at least 4 members (excludes halogenated alkanes) is 1. The third kappa shape index (κ3) is 6.44. The Balaban J connectivity index is 1.84. The Morgan fingerprint density at radius 2 is 1.67 bits per heavy atom. The highest BCUT2D eigenvalue weighted by molar-refractivity contribution is 5.87. The molecule has 0 radical (unpaired) electrons. The maximum Gasteiger partial charge on any atom is 0.335 e. The molecule has 0 aliphatic rings. The van der Waals surface area contributed by atoms with E-state index in [4.69, 9.17) is 9.84 Å². The van der Waals surface area contributed by atoms with Gasteiger partial charge in [0.15, 0.2) is 0 Å². The van der Waals surface area contributed by atoms with Gasteiger partial charge in [0.1, 0.15) is 11.6 Å². The average molecular weight is 451 g/mol. The smallest absolute Gasteiger partial charge is 0.335 e. The first kappa shape index (κ1) is 24.0. The van der Waals surface area contributed by atoms with Crippen LogP contribution >= 0.6 is 0 Å². The number of carbonyl (C=O) groups is 2. The van der Waals surface area contributed by atoms with Crippen LogP contribution in [-0.4, -0.2) is 38.8 Å². The van der Waals surface area contributed by atoms with E-state index in [0.717, 1.165) is 47.7 Å². The van der Waals surface area contributed by atoms with Crippen LogP contribution < -0.4 is 4.74 Å². The Morgan fingerprint density at radius 1 is 1.00 bits per heavy atom. The summed E-state index contributed by atoms with van der Waals surface area (Å²) in [5, 5.41) is 19.0. The minimum atomic E-state index is -0.962. The molecular weight excluding hydrogens is 420 g/mol. The molecule has 0 bridgehead atoms. The van der Waals surface area contributed by atoms with E-state index in [9.17, 15) is 14.7 Å². The van der Waals surface area contributed by atoms with Crippen molar-refractivity contribution in [3.05, 3.63) is 82.9 Å². The monoisotopic (exact) mass is 450 g/mol. The van der Waals surface area contributed by atoms with Crippen LogP contribution in [0, 0.1) is 5.92 Å². The van der Waals surface area contributed by atoms with Crippen LogP contribution in [0.4, 0.5) is 0 Å². The summed E-state index contributed by atoms with van der Waals surface area (Å²) >= 11 is 0. The molecule has 0 fully saturated rings. The van der Waals surface area contributed by atoms with E-state index in [-0.39, 0.29) is 5.56 Å². The number of imidazole rings is 1. The van der Waals surface area contributed by atoms with E-state index in [1.165, 1.54) is 0 Å². The van der Waals surface area contributed by atoms with Crippen molar-refractivity contribution in [1.29, 1.82) is 0 Å². The van der Waals surface area contributed by atoms with Gasteiger partial charge in [0.25, 0.3) is 0 Å². The lowest BCUT2D eigenvalue weighted by molar-refractivity contribution is -0.141. The van der Waals surface area contributed by atoms with Gasteiger partial charge in [-0.15, -0.1) is 0 Å². The van der Waals surface area contributed by atoms with Crippen LogP contribution in [0.1, 0.15) is 52.8 Å². The molecule has 1 atom stereocenters. The quantitative estimate of drug-likeness (QED) is 0.422. The van der Waals surface area contributed by atoms with Crippen molar-refractivity contribution in [3.8, 4) is 5.75 Å². The Hall–Kier alpha value is -3.61. The lowest BCUT2D eigenvalue weighted by atomic mass is 9.95. The largest absolute Gasteiger partial charge is 0.497 e. The van der Waals surface area contributed by atoms with Crippen LogP contribution in [-0.2, 0) is 30.6 Å². The molecular formula is C26H30N2O5. The molecule has 33 heavy (non-hydrogen) atoms. The maximum absolute atomic E-state index is 12.1. The molecule has 7 heteroatoms. The highest BCUT2D eigenvalue weighted by Gasteiger charge is 2.22. The van der Waals surface area contributed by atoms with Gasteiger partial charge in [-0.2, -0.15) is 0 Å². The van der Waals surface area contributed by atoms with Gasteiger partial charge in [0.2, 0.25) is 0 Å². The molecule has 3 rings (SSSR count). The summed E-state index contributed by atoms with van der Waals surface area (Å²) in [6.07, 6.45) is 5.36. The Labute approximate surface area is 193 Å². The number of aromatic carboxylic acids is 1. The first-order chi connectivity index (χ1) is 15.9. The number of methoxy groups -OCH3 is 1. The Bertz CT molecular complexity index is 1070. The van der Waals surface area contributed by atoms with Crippen molar-refractivity contribution < 1.29 is 24.5 Å². The summed E-state index contributed by atoms with van der Waals surface area (Å²) in [5.41, 5.74) is 2.98. The topological polar surface area (TPSA) is 102 Å². The number of aromatic nitrogens is 2. The molecule has 3 aromatic rings. The van der Waals surface area contributed by atoms with Gasteiger partial charge >= 0.3 is 11.9 Å². The Kier molecular flexibility index (Phi) is 8.24.